The minimum atomic E-state index is -0.479. The number of carbonyl (C=O) groups is 2. The molecule has 0 atom stereocenters. The molecule has 7 nitrogen and oxygen atoms in total. The second kappa shape index (κ2) is 8.85. The van der Waals surface area contributed by atoms with Crippen LogP contribution in [0.5, 0.6) is 0 Å². The van der Waals surface area contributed by atoms with Gasteiger partial charge in [0.15, 0.2) is 0 Å². The number of imidazole rings is 1. The van der Waals surface area contributed by atoms with Gasteiger partial charge in [0, 0.05) is 13.0 Å². The molecular weight excluding hydrogens is 461 g/mol. The molecule has 2 aromatic heterocycles. The first-order valence-corrected chi connectivity index (χ1v) is 9.36. The van der Waals surface area contributed by atoms with Gasteiger partial charge in [0.2, 0.25) is 0 Å². The van der Waals surface area contributed by atoms with Gasteiger partial charge in [0.25, 0.3) is 0 Å². The smallest absolute Gasteiger partial charge is 0.407 e. The summed E-state index contributed by atoms with van der Waals surface area (Å²) in [5.41, 5.74) is 2.78. The van der Waals surface area contributed by atoms with Crippen LogP contribution in [0.25, 0.3) is 5.65 Å². The summed E-state index contributed by atoms with van der Waals surface area (Å²) in [7, 11) is 1.34. The Hall–Kier alpha value is -2.62. The van der Waals surface area contributed by atoms with Crippen LogP contribution in [0.3, 0.4) is 0 Å². The van der Waals surface area contributed by atoms with E-state index in [1.807, 2.05) is 36.4 Å². The summed E-state index contributed by atoms with van der Waals surface area (Å²) < 4.78 is 12.6. The number of aromatic nitrogens is 2. The molecule has 3 aromatic rings. The van der Waals surface area contributed by atoms with Crippen molar-refractivity contribution in [2.24, 2.45) is 0 Å². The highest BCUT2D eigenvalue weighted by atomic mass is 127. The first-order valence-electron chi connectivity index (χ1n) is 8.29. The second-order valence-corrected chi connectivity index (χ2v) is 6.71. The lowest BCUT2D eigenvalue weighted by Crippen LogP contribution is -2.26. The van der Waals surface area contributed by atoms with Crippen molar-refractivity contribution in [2.75, 3.05) is 13.7 Å². The number of hydrogen-bond acceptors (Lipinski definition) is 5. The van der Waals surface area contributed by atoms with Crippen LogP contribution in [0.4, 0.5) is 4.79 Å². The van der Waals surface area contributed by atoms with Crippen LogP contribution in [0.2, 0.25) is 0 Å². The summed E-state index contributed by atoms with van der Waals surface area (Å²) in [6, 6.07) is 14.7. The van der Waals surface area contributed by atoms with Gasteiger partial charge >= 0.3 is 12.1 Å². The van der Waals surface area contributed by atoms with Crippen molar-refractivity contribution >= 4 is 40.3 Å². The molecule has 0 radical (unpaired) electrons. The van der Waals surface area contributed by atoms with Gasteiger partial charge < -0.3 is 14.8 Å². The number of methoxy groups -OCH3 is 1. The summed E-state index contributed by atoms with van der Waals surface area (Å²) in [5, 5.41) is 2.72. The van der Waals surface area contributed by atoms with Crippen LogP contribution in [0.15, 0.2) is 48.5 Å². The molecule has 0 fully saturated rings. The maximum Gasteiger partial charge on any atom is 0.407 e. The minimum Gasteiger partial charge on any atom is -0.464 e. The molecule has 3 rings (SSSR count). The molecule has 27 heavy (non-hydrogen) atoms. The summed E-state index contributed by atoms with van der Waals surface area (Å²) in [6.07, 6.45) is 0.0361. The highest BCUT2D eigenvalue weighted by Crippen LogP contribution is 2.18. The number of carbonyl (C=O) groups excluding carboxylic acids is 2. The molecule has 140 valence electrons. The van der Waals surface area contributed by atoms with E-state index in [1.54, 1.807) is 16.5 Å². The Morgan fingerprint density at radius 1 is 1.15 bits per heavy atom. The largest absolute Gasteiger partial charge is 0.464 e. The third-order valence-electron chi connectivity index (χ3n) is 3.89. The van der Waals surface area contributed by atoms with Crippen LogP contribution in [-0.4, -0.2) is 35.1 Å². The van der Waals surface area contributed by atoms with E-state index in [4.69, 9.17) is 9.47 Å². The zero-order valence-electron chi connectivity index (χ0n) is 14.6. The monoisotopic (exact) mass is 479 g/mol. The average Bonchev–Trinajstić information content (AvgIpc) is 3.02. The van der Waals surface area contributed by atoms with Gasteiger partial charge in [-0.1, -0.05) is 36.4 Å². The molecule has 1 aromatic carbocycles. The summed E-state index contributed by atoms with van der Waals surface area (Å²) in [6.45, 7) is 0.599. The number of ether oxygens (including phenoxy) is 2. The molecule has 0 bridgehead atoms. The Labute approximate surface area is 169 Å². The number of esters is 1. The van der Waals surface area contributed by atoms with Gasteiger partial charge in [-0.2, -0.15) is 0 Å². The fraction of sp³-hybridized carbons (Fsp3) is 0.211. The fourth-order valence-electron chi connectivity index (χ4n) is 2.58. The third-order valence-corrected chi connectivity index (χ3v) is 5.00. The average molecular weight is 479 g/mol. The lowest BCUT2D eigenvalue weighted by Gasteiger charge is -2.07. The van der Waals surface area contributed by atoms with E-state index in [1.165, 1.54) is 7.11 Å². The highest BCUT2D eigenvalue weighted by molar-refractivity contribution is 14.1. The number of fused-ring (bicyclic) bond motifs is 1. The number of rotatable bonds is 6. The van der Waals surface area contributed by atoms with Crippen LogP contribution >= 0.6 is 22.6 Å². The number of alkyl carbamates (subject to hydrolysis) is 1. The quantitative estimate of drug-likeness (QED) is 0.434. The Bertz CT molecular complexity index is 956. The lowest BCUT2D eigenvalue weighted by molar-refractivity contribution is 0.0592. The first-order chi connectivity index (χ1) is 13.1. The predicted octanol–water partition coefficient (Wildman–Crippen LogP) is 3.19. The molecule has 0 spiro atoms. The van der Waals surface area contributed by atoms with Crippen molar-refractivity contribution in [1.29, 1.82) is 0 Å². The number of nitrogens with zero attached hydrogens (tertiary/aromatic N) is 2. The maximum atomic E-state index is 11.9. The first kappa shape index (κ1) is 19.2. The summed E-state index contributed by atoms with van der Waals surface area (Å²) in [5.74, 6) is -0.426. The van der Waals surface area contributed by atoms with E-state index in [-0.39, 0.29) is 6.61 Å². The van der Waals surface area contributed by atoms with Crippen LogP contribution in [-0.2, 0) is 22.5 Å². The van der Waals surface area contributed by atoms with Crippen molar-refractivity contribution in [1.82, 2.24) is 14.7 Å². The van der Waals surface area contributed by atoms with Crippen LogP contribution < -0.4 is 5.32 Å². The fourth-order valence-corrected chi connectivity index (χ4v) is 3.48. The van der Waals surface area contributed by atoms with Gasteiger partial charge in [-0.25, -0.2) is 14.6 Å². The van der Waals surface area contributed by atoms with Crippen LogP contribution in [0, 0.1) is 3.70 Å². The summed E-state index contributed by atoms with van der Waals surface area (Å²) >= 11 is 2.14. The number of nitrogens with one attached hydrogen (secondary N) is 1. The van der Waals surface area contributed by atoms with Crippen molar-refractivity contribution in [3.63, 3.8) is 0 Å². The van der Waals surface area contributed by atoms with Crippen molar-refractivity contribution in [3.8, 4) is 0 Å². The van der Waals surface area contributed by atoms with Gasteiger partial charge in [-0.3, -0.25) is 4.40 Å². The van der Waals surface area contributed by atoms with E-state index in [2.05, 4.69) is 32.9 Å². The summed E-state index contributed by atoms with van der Waals surface area (Å²) in [4.78, 5) is 28.3. The Balaban J connectivity index is 1.60. The maximum absolute atomic E-state index is 11.9. The number of halogens is 1. The minimum absolute atomic E-state index is 0.223. The Morgan fingerprint density at radius 2 is 1.93 bits per heavy atom. The van der Waals surface area contributed by atoms with E-state index < -0.39 is 12.1 Å². The molecule has 8 heteroatoms. The zero-order valence-corrected chi connectivity index (χ0v) is 16.8. The van der Waals surface area contributed by atoms with Crippen molar-refractivity contribution < 1.29 is 19.1 Å². The normalized spacial score (nSPS) is 10.6. The number of benzene rings is 1. The molecule has 0 saturated carbocycles. The van der Waals surface area contributed by atoms with E-state index >= 15 is 0 Å². The van der Waals surface area contributed by atoms with E-state index in [9.17, 15) is 9.59 Å². The van der Waals surface area contributed by atoms with Crippen molar-refractivity contribution in [2.45, 2.75) is 13.0 Å². The van der Waals surface area contributed by atoms with Gasteiger partial charge in [0.05, 0.1) is 12.8 Å². The molecule has 0 saturated heterocycles. The predicted molar refractivity (Wildman–Crippen MR) is 108 cm³/mol. The SMILES string of the molecule is COC(=O)c1cccc2nc(CCNC(=O)OCc3ccccc3)c(I)n12. The number of hydrogen-bond donors (Lipinski definition) is 1. The zero-order chi connectivity index (χ0) is 19.2. The van der Waals surface area contributed by atoms with E-state index in [0.29, 0.717) is 24.3 Å². The number of amides is 1. The number of pyridine rings is 1. The van der Waals surface area contributed by atoms with Gasteiger partial charge in [0.1, 0.15) is 21.6 Å². The molecule has 0 aliphatic heterocycles. The molecular formula is C19H18IN3O4. The Kier molecular flexibility index (Phi) is 6.28. The molecule has 0 aliphatic rings. The topological polar surface area (TPSA) is 81.9 Å². The molecule has 1 N–H and O–H groups in total. The van der Waals surface area contributed by atoms with Gasteiger partial charge in [-0.15, -0.1) is 0 Å². The van der Waals surface area contributed by atoms with Gasteiger partial charge in [-0.05, 0) is 40.3 Å². The molecule has 0 unspecified atom stereocenters. The van der Waals surface area contributed by atoms with Crippen molar-refractivity contribution in [3.05, 3.63) is 69.2 Å². The molecule has 0 aliphatic carbocycles. The second-order valence-electron chi connectivity index (χ2n) is 5.68. The Morgan fingerprint density at radius 3 is 2.67 bits per heavy atom. The molecule has 1 amide bonds. The highest BCUT2D eigenvalue weighted by Gasteiger charge is 2.17. The lowest BCUT2D eigenvalue weighted by atomic mass is 10.2. The standard InChI is InChI=1S/C19H18IN3O4/c1-26-18(24)15-8-5-9-16-22-14(17(20)23(15)16)10-11-21-19(25)27-12-13-6-3-2-4-7-13/h2-9H,10-12H2,1H3,(H,21,25). The van der Waals surface area contributed by atoms with Crippen LogP contribution in [0.1, 0.15) is 21.7 Å². The molecule has 2 heterocycles. The third kappa shape index (κ3) is 4.57. The van der Waals surface area contributed by atoms with E-state index in [0.717, 1.165) is 15.0 Å².